The van der Waals surface area contributed by atoms with Gasteiger partial charge in [0.2, 0.25) is 10.0 Å². The maximum Gasteiger partial charge on any atom is 0.258 e. The standard InChI is InChI=1S/C20H18ClN3O4S/c21-17-7-6-15(29(26,27)24-9-11-28-12-10-24)13-16(17)20(25)23-19-8-5-14-3-1-2-4-18(14)22-19/h1-8,13H,9-12H2,(H,22,23,25). The summed E-state index contributed by atoms with van der Waals surface area (Å²) >= 11 is 6.18. The van der Waals surface area contributed by atoms with Crippen molar-refractivity contribution < 1.29 is 17.9 Å². The third-order valence-corrected chi connectivity index (χ3v) is 6.85. The van der Waals surface area contributed by atoms with E-state index in [9.17, 15) is 13.2 Å². The molecule has 0 spiro atoms. The molecule has 0 aliphatic carbocycles. The molecule has 1 aliphatic rings. The predicted octanol–water partition coefficient (Wildman–Crippen LogP) is 3.16. The second kappa shape index (κ2) is 8.08. The molecule has 2 heterocycles. The quantitative estimate of drug-likeness (QED) is 0.685. The predicted molar refractivity (Wildman–Crippen MR) is 111 cm³/mol. The molecule has 29 heavy (non-hydrogen) atoms. The molecule has 2 aromatic carbocycles. The first kappa shape index (κ1) is 19.8. The summed E-state index contributed by atoms with van der Waals surface area (Å²) in [5.41, 5.74) is 0.802. The lowest BCUT2D eigenvalue weighted by molar-refractivity contribution is 0.0730. The van der Waals surface area contributed by atoms with Crippen LogP contribution in [0.2, 0.25) is 5.02 Å². The number of rotatable bonds is 4. The summed E-state index contributed by atoms with van der Waals surface area (Å²) in [6.45, 7) is 1.22. The van der Waals surface area contributed by atoms with Crippen molar-refractivity contribution in [3.8, 4) is 0 Å². The van der Waals surface area contributed by atoms with Crippen LogP contribution in [0.1, 0.15) is 10.4 Å². The smallest absolute Gasteiger partial charge is 0.258 e. The fourth-order valence-electron chi connectivity index (χ4n) is 3.09. The number of carbonyl (C=O) groups excluding carboxylic acids is 1. The lowest BCUT2D eigenvalue weighted by atomic mass is 10.2. The van der Waals surface area contributed by atoms with E-state index in [1.54, 1.807) is 6.07 Å². The molecule has 7 nitrogen and oxygen atoms in total. The Labute approximate surface area is 173 Å². The summed E-state index contributed by atoms with van der Waals surface area (Å²) in [6, 6.07) is 15.2. The number of fused-ring (bicyclic) bond motifs is 1. The van der Waals surface area contributed by atoms with E-state index in [4.69, 9.17) is 16.3 Å². The Hall–Kier alpha value is -2.52. The van der Waals surface area contributed by atoms with Crippen LogP contribution in [0.25, 0.3) is 10.9 Å². The maximum absolute atomic E-state index is 12.9. The number of aromatic nitrogens is 1. The fraction of sp³-hybridized carbons (Fsp3) is 0.200. The molecule has 0 radical (unpaired) electrons. The van der Waals surface area contributed by atoms with E-state index in [-0.39, 0.29) is 28.6 Å². The second-order valence-electron chi connectivity index (χ2n) is 6.50. The summed E-state index contributed by atoms with van der Waals surface area (Å²) in [7, 11) is -3.74. The number of halogens is 1. The summed E-state index contributed by atoms with van der Waals surface area (Å²) in [4.78, 5) is 17.2. The minimum Gasteiger partial charge on any atom is -0.379 e. The highest BCUT2D eigenvalue weighted by molar-refractivity contribution is 7.89. The van der Waals surface area contributed by atoms with Gasteiger partial charge in [-0.15, -0.1) is 0 Å². The van der Waals surface area contributed by atoms with Crippen molar-refractivity contribution in [3.05, 3.63) is 65.2 Å². The molecule has 3 aromatic rings. The number of para-hydroxylation sites is 1. The molecule has 1 aromatic heterocycles. The lowest BCUT2D eigenvalue weighted by Gasteiger charge is -2.26. The highest BCUT2D eigenvalue weighted by atomic mass is 35.5. The van der Waals surface area contributed by atoms with Crippen LogP contribution in [0.3, 0.4) is 0 Å². The van der Waals surface area contributed by atoms with Gasteiger partial charge in [-0.3, -0.25) is 4.79 Å². The van der Waals surface area contributed by atoms with Gasteiger partial charge >= 0.3 is 0 Å². The van der Waals surface area contributed by atoms with Crippen molar-refractivity contribution in [3.63, 3.8) is 0 Å². The number of anilines is 1. The number of nitrogens with one attached hydrogen (secondary N) is 1. The molecule has 1 N–H and O–H groups in total. The van der Waals surface area contributed by atoms with E-state index in [2.05, 4.69) is 10.3 Å². The van der Waals surface area contributed by atoms with Gasteiger partial charge in [0.25, 0.3) is 5.91 Å². The molecule has 1 saturated heterocycles. The Bertz CT molecular complexity index is 1180. The topological polar surface area (TPSA) is 88.6 Å². The fourth-order valence-corrected chi connectivity index (χ4v) is 4.73. The monoisotopic (exact) mass is 431 g/mol. The van der Waals surface area contributed by atoms with Crippen LogP contribution in [-0.4, -0.2) is 49.9 Å². The van der Waals surface area contributed by atoms with Gasteiger partial charge in [-0.2, -0.15) is 4.31 Å². The number of amides is 1. The van der Waals surface area contributed by atoms with Crippen LogP contribution >= 0.6 is 11.6 Å². The normalized spacial score (nSPS) is 15.3. The average molecular weight is 432 g/mol. The number of hydrogen-bond donors (Lipinski definition) is 1. The SMILES string of the molecule is O=C(Nc1ccc2ccccc2n1)c1cc(S(=O)(=O)N2CCOCC2)ccc1Cl. The highest BCUT2D eigenvalue weighted by Gasteiger charge is 2.27. The molecule has 0 unspecified atom stereocenters. The van der Waals surface area contributed by atoms with E-state index in [0.29, 0.717) is 19.0 Å². The minimum absolute atomic E-state index is 0.0143. The number of carbonyl (C=O) groups is 1. The molecule has 1 amide bonds. The van der Waals surface area contributed by atoms with Gasteiger partial charge in [0.1, 0.15) is 5.82 Å². The lowest BCUT2D eigenvalue weighted by Crippen LogP contribution is -2.40. The Morgan fingerprint density at radius 1 is 1.07 bits per heavy atom. The van der Waals surface area contributed by atoms with Crippen molar-refractivity contribution >= 4 is 44.3 Å². The van der Waals surface area contributed by atoms with Crippen LogP contribution < -0.4 is 5.32 Å². The molecule has 1 fully saturated rings. The van der Waals surface area contributed by atoms with Gasteiger partial charge < -0.3 is 10.1 Å². The van der Waals surface area contributed by atoms with E-state index in [1.165, 1.54) is 22.5 Å². The Morgan fingerprint density at radius 3 is 2.62 bits per heavy atom. The van der Waals surface area contributed by atoms with E-state index in [1.807, 2.05) is 30.3 Å². The van der Waals surface area contributed by atoms with Crippen LogP contribution in [0.5, 0.6) is 0 Å². The zero-order valence-electron chi connectivity index (χ0n) is 15.3. The third kappa shape index (κ3) is 4.11. The number of morpholine rings is 1. The molecule has 0 bridgehead atoms. The Morgan fingerprint density at radius 2 is 1.83 bits per heavy atom. The van der Waals surface area contributed by atoms with Crippen LogP contribution in [0.4, 0.5) is 5.82 Å². The number of pyridine rings is 1. The number of sulfonamides is 1. The van der Waals surface area contributed by atoms with Gasteiger partial charge in [0.05, 0.1) is 34.2 Å². The summed E-state index contributed by atoms with van der Waals surface area (Å²) < 4.78 is 32.3. The van der Waals surface area contributed by atoms with Crippen molar-refractivity contribution in [2.24, 2.45) is 0 Å². The molecule has 9 heteroatoms. The van der Waals surface area contributed by atoms with Gasteiger partial charge in [-0.1, -0.05) is 29.8 Å². The third-order valence-electron chi connectivity index (χ3n) is 4.63. The Balaban J connectivity index is 1.61. The van der Waals surface area contributed by atoms with Gasteiger partial charge in [0, 0.05) is 18.5 Å². The van der Waals surface area contributed by atoms with Gasteiger partial charge in [-0.25, -0.2) is 13.4 Å². The number of benzene rings is 2. The van der Waals surface area contributed by atoms with E-state index < -0.39 is 15.9 Å². The average Bonchev–Trinajstić information content (AvgIpc) is 2.74. The van der Waals surface area contributed by atoms with Crippen molar-refractivity contribution in [1.82, 2.24) is 9.29 Å². The first-order valence-electron chi connectivity index (χ1n) is 9.00. The molecule has 4 rings (SSSR count). The maximum atomic E-state index is 12.9. The first-order valence-corrected chi connectivity index (χ1v) is 10.8. The zero-order chi connectivity index (χ0) is 20.4. The molecule has 150 valence electrons. The molecular weight excluding hydrogens is 414 g/mol. The molecule has 1 aliphatic heterocycles. The largest absolute Gasteiger partial charge is 0.379 e. The number of nitrogens with zero attached hydrogens (tertiary/aromatic N) is 2. The van der Waals surface area contributed by atoms with Crippen molar-refractivity contribution in [2.45, 2.75) is 4.90 Å². The van der Waals surface area contributed by atoms with Crippen LogP contribution in [0, 0.1) is 0 Å². The van der Waals surface area contributed by atoms with E-state index in [0.717, 1.165) is 10.9 Å². The number of hydrogen-bond acceptors (Lipinski definition) is 5. The summed E-state index contributed by atoms with van der Waals surface area (Å²) in [5.74, 6) is -0.178. The van der Waals surface area contributed by atoms with E-state index >= 15 is 0 Å². The van der Waals surface area contributed by atoms with Crippen molar-refractivity contribution in [2.75, 3.05) is 31.6 Å². The van der Waals surface area contributed by atoms with Gasteiger partial charge in [0.15, 0.2) is 0 Å². The highest BCUT2D eigenvalue weighted by Crippen LogP contribution is 2.25. The molecule has 0 saturated carbocycles. The number of ether oxygens (including phenoxy) is 1. The Kier molecular flexibility index (Phi) is 5.51. The van der Waals surface area contributed by atoms with Crippen molar-refractivity contribution in [1.29, 1.82) is 0 Å². The molecular formula is C20H18ClN3O4S. The molecule has 0 atom stereocenters. The second-order valence-corrected chi connectivity index (χ2v) is 8.85. The van der Waals surface area contributed by atoms with Crippen LogP contribution in [-0.2, 0) is 14.8 Å². The van der Waals surface area contributed by atoms with Crippen LogP contribution in [0.15, 0.2) is 59.5 Å². The minimum atomic E-state index is -3.74. The summed E-state index contributed by atoms with van der Waals surface area (Å²) in [5, 5.41) is 3.79. The summed E-state index contributed by atoms with van der Waals surface area (Å²) in [6.07, 6.45) is 0. The zero-order valence-corrected chi connectivity index (χ0v) is 16.9. The first-order chi connectivity index (χ1) is 13.9. The van der Waals surface area contributed by atoms with Gasteiger partial charge in [-0.05, 0) is 36.4 Å².